The predicted octanol–water partition coefficient (Wildman–Crippen LogP) is 2.01. The van der Waals surface area contributed by atoms with Crippen LogP contribution in [0.3, 0.4) is 0 Å². The summed E-state index contributed by atoms with van der Waals surface area (Å²) < 4.78 is 1.67. The molecule has 0 saturated carbocycles. The van der Waals surface area contributed by atoms with E-state index in [1.807, 2.05) is 31.7 Å². The molecule has 0 aromatic carbocycles. The lowest BCUT2D eigenvalue weighted by Crippen LogP contribution is -2.39. The summed E-state index contributed by atoms with van der Waals surface area (Å²) in [5, 5.41) is 17.1. The van der Waals surface area contributed by atoms with Crippen LogP contribution in [0.2, 0.25) is 0 Å². The molecular weight excluding hydrogens is 370 g/mol. The highest BCUT2D eigenvalue weighted by Gasteiger charge is 2.29. The van der Waals surface area contributed by atoms with E-state index in [-0.39, 0.29) is 24.3 Å². The minimum absolute atomic E-state index is 0.0116. The molecule has 3 rings (SSSR count). The van der Waals surface area contributed by atoms with E-state index < -0.39 is 6.10 Å². The summed E-state index contributed by atoms with van der Waals surface area (Å²) in [6.07, 6.45) is 5.27. The highest BCUT2D eigenvalue weighted by Crippen LogP contribution is 2.22. The summed E-state index contributed by atoms with van der Waals surface area (Å²) >= 11 is 0. The molecule has 2 aromatic rings. The van der Waals surface area contributed by atoms with Crippen LogP contribution in [0.1, 0.15) is 67.2 Å². The van der Waals surface area contributed by atoms with Gasteiger partial charge in [0.1, 0.15) is 5.56 Å². The Kier molecular flexibility index (Phi) is 6.84. The molecular formula is C21H31N5O3. The Bertz CT molecular complexity index is 879. The molecule has 158 valence electrons. The van der Waals surface area contributed by atoms with Crippen LogP contribution >= 0.6 is 0 Å². The van der Waals surface area contributed by atoms with E-state index in [1.165, 1.54) is 0 Å². The molecule has 8 nitrogen and oxygen atoms in total. The summed E-state index contributed by atoms with van der Waals surface area (Å²) in [6.45, 7) is 7.03. The smallest absolute Gasteiger partial charge is 0.256 e. The minimum atomic E-state index is -0.566. The van der Waals surface area contributed by atoms with Gasteiger partial charge in [0.05, 0.1) is 18.7 Å². The number of likely N-dealkylation sites (tertiary alicyclic amines) is 1. The molecule has 0 aliphatic carbocycles. The van der Waals surface area contributed by atoms with E-state index in [0.717, 1.165) is 37.2 Å². The maximum Gasteiger partial charge on any atom is 0.256 e. The molecule has 2 atom stereocenters. The molecule has 2 aromatic heterocycles. The number of rotatable bonds is 8. The third-order valence-electron chi connectivity index (χ3n) is 5.52. The Balaban J connectivity index is 1.55. The van der Waals surface area contributed by atoms with Crippen molar-refractivity contribution in [2.45, 2.75) is 71.4 Å². The number of carbonyl (C=O) groups excluding carboxylic acids is 2. The molecule has 1 saturated heterocycles. The van der Waals surface area contributed by atoms with Gasteiger partial charge in [0.2, 0.25) is 5.91 Å². The summed E-state index contributed by atoms with van der Waals surface area (Å²) in [5.74, 6) is -0.190. The lowest BCUT2D eigenvalue weighted by molar-refractivity contribution is -0.134. The van der Waals surface area contributed by atoms with Crippen molar-refractivity contribution in [3.8, 4) is 0 Å². The summed E-state index contributed by atoms with van der Waals surface area (Å²) in [7, 11) is 0. The number of aryl methyl sites for hydroxylation is 2. The van der Waals surface area contributed by atoms with Gasteiger partial charge >= 0.3 is 0 Å². The zero-order valence-corrected chi connectivity index (χ0v) is 17.5. The first-order valence-corrected chi connectivity index (χ1v) is 10.5. The fourth-order valence-corrected chi connectivity index (χ4v) is 4.10. The molecule has 1 aliphatic heterocycles. The number of aromatic nitrogens is 3. The second-order valence-corrected chi connectivity index (χ2v) is 7.91. The largest absolute Gasteiger partial charge is 0.393 e. The third kappa shape index (κ3) is 4.93. The number of fused-ring (bicyclic) bond motifs is 1. The predicted molar refractivity (Wildman–Crippen MR) is 110 cm³/mol. The van der Waals surface area contributed by atoms with Gasteiger partial charge in [-0.1, -0.05) is 13.3 Å². The van der Waals surface area contributed by atoms with Crippen LogP contribution < -0.4 is 5.32 Å². The summed E-state index contributed by atoms with van der Waals surface area (Å²) in [5.41, 5.74) is 2.79. The van der Waals surface area contributed by atoms with Gasteiger partial charge < -0.3 is 15.3 Å². The van der Waals surface area contributed by atoms with Gasteiger partial charge in [-0.25, -0.2) is 9.50 Å². The van der Waals surface area contributed by atoms with E-state index in [2.05, 4.69) is 15.4 Å². The second-order valence-electron chi connectivity index (χ2n) is 7.91. The van der Waals surface area contributed by atoms with Gasteiger partial charge in [0.25, 0.3) is 5.91 Å². The zero-order chi connectivity index (χ0) is 21.0. The van der Waals surface area contributed by atoms with Crippen molar-refractivity contribution in [3.05, 3.63) is 29.2 Å². The van der Waals surface area contributed by atoms with E-state index in [1.54, 1.807) is 10.7 Å². The van der Waals surface area contributed by atoms with Gasteiger partial charge in [-0.05, 0) is 45.6 Å². The number of amides is 2. The second kappa shape index (κ2) is 9.35. The van der Waals surface area contributed by atoms with Crippen LogP contribution in [0.5, 0.6) is 0 Å². The fraction of sp³-hybridized carbons (Fsp3) is 0.619. The summed E-state index contributed by atoms with van der Waals surface area (Å²) in [4.78, 5) is 31.4. The van der Waals surface area contributed by atoms with Gasteiger partial charge in [-0.15, -0.1) is 0 Å². The van der Waals surface area contributed by atoms with E-state index >= 15 is 0 Å². The molecule has 1 aliphatic rings. The number of carbonyl (C=O) groups is 2. The first-order valence-electron chi connectivity index (χ1n) is 10.5. The average Bonchev–Trinajstić information content (AvgIpc) is 3.28. The van der Waals surface area contributed by atoms with Crippen LogP contribution in [0.4, 0.5) is 0 Å². The average molecular weight is 402 g/mol. The van der Waals surface area contributed by atoms with Gasteiger partial charge in [0, 0.05) is 30.5 Å². The standard InChI is InChI=1S/C21H31N5O3/c1-4-6-17(27)12-19(28)25-10-5-7-16(25)8-9-22-21(29)18-13-23-26-15(3)11-14(2)24-20(18)26/h11,13,16-17,27H,4-10,12H2,1-3H3,(H,22,29)/t16-,17?/m0/s1. The van der Waals surface area contributed by atoms with Crippen molar-refractivity contribution in [2.75, 3.05) is 13.1 Å². The van der Waals surface area contributed by atoms with Crippen molar-refractivity contribution in [1.29, 1.82) is 0 Å². The molecule has 1 fully saturated rings. The third-order valence-corrected chi connectivity index (χ3v) is 5.52. The molecule has 1 unspecified atom stereocenters. The molecule has 2 amide bonds. The van der Waals surface area contributed by atoms with E-state index in [0.29, 0.717) is 30.6 Å². The fourth-order valence-electron chi connectivity index (χ4n) is 4.10. The number of hydrogen-bond donors (Lipinski definition) is 2. The monoisotopic (exact) mass is 401 g/mol. The van der Waals surface area contributed by atoms with Gasteiger partial charge in [-0.3, -0.25) is 9.59 Å². The summed E-state index contributed by atoms with van der Waals surface area (Å²) in [6, 6.07) is 2.04. The zero-order valence-electron chi connectivity index (χ0n) is 17.5. The van der Waals surface area contributed by atoms with E-state index in [9.17, 15) is 14.7 Å². The maximum absolute atomic E-state index is 12.6. The van der Waals surface area contributed by atoms with Crippen LogP contribution in [-0.4, -0.2) is 61.7 Å². The molecule has 0 radical (unpaired) electrons. The highest BCUT2D eigenvalue weighted by molar-refractivity contribution is 5.99. The quantitative estimate of drug-likeness (QED) is 0.705. The molecule has 2 N–H and O–H groups in total. The van der Waals surface area contributed by atoms with Crippen molar-refractivity contribution in [3.63, 3.8) is 0 Å². The normalized spacial score (nSPS) is 17.7. The minimum Gasteiger partial charge on any atom is -0.393 e. The Labute approximate surface area is 171 Å². The number of aliphatic hydroxyl groups is 1. The molecule has 0 bridgehead atoms. The van der Waals surface area contributed by atoms with Crippen molar-refractivity contribution < 1.29 is 14.7 Å². The Hall–Kier alpha value is -2.48. The molecule has 3 heterocycles. The van der Waals surface area contributed by atoms with Gasteiger partial charge in [0.15, 0.2) is 5.65 Å². The van der Waals surface area contributed by atoms with Crippen molar-refractivity contribution in [2.24, 2.45) is 0 Å². The van der Waals surface area contributed by atoms with Crippen LogP contribution in [-0.2, 0) is 4.79 Å². The molecule has 29 heavy (non-hydrogen) atoms. The van der Waals surface area contributed by atoms with Crippen molar-refractivity contribution >= 4 is 17.5 Å². The SMILES string of the molecule is CCCC(O)CC(=O)N1CCC[C@H]1CCNC(=O)c1cnn2c(C)cc(C)nc12. The topological polar surface area (TPSA) is 99.8 Å². The van der Waals surface area contributed by atoms with Crippen LogP contribution in [0.25, 0.3) is 5.65 Å². The number of nitrogens with one attached hydrogen (secondary N) is 1. The first kappa shape index (κ1) is 21.2. The molecule has 8 heteroatoms. The Morgan fingerprint density at radius 2 is 2.17 bits per heavy atom. The highest BCUT2D eigenvalue weighted by atomic mass is 16.3. The number of nitrogens with zero attached hydrogens (tertiary/aromatic N) is 4. The van der Waals surface area contributed by atoms with E-state index in [4.69, 9.17) is 0 Å². The van der Waals surface area contributed by atoms with Crippen molar-refractivity contribution in [1.82, 2.24) is 24.8 Å². The molecule has 0 spiro atoms. The van der Waals surface area contributed by atoms with Crippen LogP contribution in [0.15, 0.2) is 12.3 Å². The van der Waals surface area contributed by atoms with Gasteiger partial charge in [-0.2, -0.15) is 5.10 Å². The lowest BCUT2D eigenvalue weighted by atomic mass is 10.1. The number of hydrogen-bond acceptors (Lipinski definition) is 5. The number of aliphatic hydroxyl groups excluding tert-OH is 1. The Morgan fingerprint density at radius 3 is 2.93 bits per heavy atom. The van der Waals surface area contributed by atoms with Crippen LogP contribution in [0, 0.1) is 13.8 Å². The Morgan fingerprint density at radius 1 is 1.38 bits per heavy atom. The lowest BCUT2D eigenvalue weighted by Gasteiger charge is -2.26. The maximum atomic E-state index is 12.6. The first-order chi connectivity index (χ1) is 13.9.